The van der Waals surface area contributed by atoms with Crippen LogP contribution in [-0.4, -0.2) is 25.7 Å². The standard InChI is InChI=1S/C14H18BrNO2/c1-10-12(3-2-4-13(10)15)14(17)16-7-5-11-6-8-18-9-11/h2-4,11H,5-9H2,1H3,(H,16,17). The second-order valence-corrected chi connectivity index (χ2v) is 5.54. The molecule has 1 heterocycles. The van der Waals surface area contributed by atoms with Gasteiger partial charge in [-0.3, -0.25) is 4.79 Å². The third-order valence-corrected chi connectivity index (χ3v) is 4.23. The Morgan fingerprint density at radius 2 is 2.39 bits per heavy atom. The quantitative estimate of drug-likeness (QED) is 0.928. The van der Waals surface area contributed by atoms with Crippen LogP contribution in [0.3, 0.4) is 0 Å². The number of carbonyl (C=O) groups excluding carboxylic acids is 1. The Bertz CT molecular complexity index is 428. The Morgan fingerprint density at radius 3 is 3.11 bits per heavy atom. The van der Waals surface area contributed by atoms with Crippen LogP contribution in [0.4, 0.5) is 0 Å². The average Bonchev–Trinajstić information content (AvgIpc) is 2.85. The van der Waals surface area contributed by atoms with Crippen LogP contribution >= 0.6 is 15.9 Å². The van der Waals surface area contributed by atoms with E-state index in [1.165, 1.54) is 0 Å². The summed E-state index contributed by atoms with van der Waals surface area (Å²) in [6, 6.07) is 5.69. The number of nitrogens with one attached hydrogen (secondary N) is 1. The van der Waals surface area contributed by atoms with Crippen molar-refractivity contribution in [2.24, 2.45) is 5.92 Å². The van der Waals surface area contributed by atoms with Gasteiger partial charge in [-0.1, -0.05) is 22.0 Å². The number of amides is 1. The molecule has 1 N–H and O–H groups in total. The highest BCUT2D eigenvalue weighted by atomic mass is 79.9. The van der Waals surface area contributed by atoms with Crippen LogP contribution in [0.25, 0.3) is 0 Å². The topological polar surface area (TPSA) is 38.3 Å². The van der Waals surface area contributed by atoms with Crippen molar-refractivity contribution in [2.45, 2.75) is 19.8 Å². The van der Waals surface area contributed by atoms with Crippen molar-refractivity contribution in [2.75, 3.05) is 19.8 Å². The van der Waals surface area contributed by atoms with Crippen molar-refractivity contribution in [3.63, 3.8) is 0 Å². The van der Waals surface area contributed by atoms with Gasteiger partial charge in [0.1, 0.15) is 0 Å². The largest absolute Gasteiger partial charge is 0.381 e. The lowest BCUT2D eigenvalue weighted by molar-refractivity contribution is 0.0949. The average molecular weight is 312 g/mol. The fourth-order valence-electron chi connectivity index (χ4n) is 2.15. The number of halogens is 1. The predicted molar refractivity (Wildman–Crippen MR) is 74.8 cm³/mol. The molecule has 1 aliphatic rings. The number of hydrogen-bond acceptors (Lipinski definition) is 2. The smallest absolute Gasteiger partial charge is 0.251 e. The number of benzene rings is 1. The molecule has 98 valence electrons. The highest BCUT2D eigenvalue weighted by molar-refractivity contribution is 9.10. The van der Waals surface area contributed by atoms with Gasteiger partial charge in [0.05, 0.1) is 0 Å². The third-order valence-electron chi connectivity index (χ3n) is 3.37. The molecule has 0 radical (unpaired) electrons. The van der Waals surface area contributed by atoms with Gasteiger partial charge in [-0.15, -0.1) is 0 Å². The Morgan fingerprint density at radius 1 is 1.56 bits per heavy atom. The molecule has 1 aromatic carbocycles. The summed E-state index contributed by atoms with van der Waals surface area (Å²) in [7, 11) is 0. The van der Waals surface area contributed by atoms with Crippen molar-refractivity contribution < 1.29 is 9.53 Å². The summed E-state index contributed by atoms with van der Waals surface area (Å²) in [5.74, 6) is 0.613. The number of hydrogen-bond donors (Lipinski definition) is 1. The van der Waals surface area contributed by atoms with Crippen molar-refractivity contribution in [3.8, 4) is 0 Å². The Hall–Kier alpha value is -0.870. The van der Waals surface area contributed by atoms with Crippen molar-refractivity contribution in [1.82, 2.24) is 5.32 Å². The summed E-state index contributed by atoms with van der Waals surface area (Å²) < 4.78 is 6.29. The molecule has 18 heavy (non-hydrogen) atoms. The van der Waals surface area contributed by atoms with Gasteiger partial charge >= 0.3 is 0 Å². The van der Waals surface area contributed by atoms with E-state index in [1.54, 1.807) is 0 Å². The zero-order chi connectivity index (χ0) is 13.0. The highest BCUT2D eigenvalue weighted by Crippen LogP contribution is 2.19. The zero-order valence-electron chi connectivity index (χ0n) is 10.5. The van der Waals surface area contributed by atoms with E-state index in [2.05, 4.69) is 21.2 Å². The van der Waals surface area contributed by atoms with E-state index >= 15 is 0 Å². The molecule has 1 aliphatic heterocycles. The minimum atomic E-state index is 0.00714. The predicted octanol–water partition coefficient (Wildman–Crippen LogP) is 2.91. The molecule has 2 rings (SSSR count). The summed E-state index contributed by atoms with van der Waals surface area (Å²) >= 11 is 3.44. The highest BCUT2D eigenvalue weighted by Gasteiger charge is 2.16. The van der Waals surface area contributed by atoms with Gasteiger partial charge in [0.15, 0.2) is 0 Å². The Labute approximate surface area is 116 Å². The van der Waals surface area contributed by atoms with E-state index in [-0.39, 0.29) is 5.91 Å². The summed E-state index contributed by atoms with van der Waals surface area (Å²) in [6.45, 7) is 4.37. The summed E-state index contributed by atoms with van der Waals surface area (Å²) in [6.07, 6.45) is 2.12. The first-order valence-corrected chi connectivity index (χ1v) is 7.09. The van der Waals surface area contributed by atoms with Crippen LogP contribution < -0.4 is 5.32 Å². The van der Waals surface area contributed by atoms with Crippen LogP contribution in [0.1, 0.15) is 28.8 Å². The van der Waals surface area contributed by atoms with Crippen molar-refractivity contribution in [3.05, 3.63) is 33.8 Å². The maximum Gasteiger partial charge on any atom is 0.251 e. The van der Waals surface area contributed by atoms with Gasteiger partial charge < -0.3 is 10.1 Å². The molecule has 0 bridgehead atoms. The summed E-state index contributed by atoms with van der Waals surface area (Å²) in [5.41, 5.74) is 1.73. The van der Waals surface area contributed by atoms with E-state index in [0.29, 0.717) is 5.92 Å². The molecule has 0 spiro atoms. The fraction of sp³-hybridized carbons (Fsp3) is 0.500. The van der Waals surface area contributed by atoms with Gasteiger partial charge in [-0.2, -0.15) is 0 Å². The van der Waals surface area contributed by atoms with Crippen LogP contribution in [0.15, 0.2) is 22.7 Å². The van der Waals surface area contributed by atoms with E-state index in [4.69, 9.17) is 4.74 Å². The van der Waals surface area contributed by atoms with Gasteiger partial charge in [0.2, 0.25) is 0 Å². The lowest BCUT2D eigenvalue weighted by Gasteiger charge is -2.10. The van der Waals surface area contributed by atoms with Crippen LogP contribution in [-0.2, 0) is 4.74 Å². The molecule has 1 aromatic rings. The molecule has 0 aliphatic carbocycles. The number of ether oxygens (including phenoxy) is 1. The lowest BCUT2D eigenvalue weighted by atomic mass is 10.0. The molecule has 0 aromatic heterocycles. The maximum atomic E-state index is 12.0. The van der Waals surface area contributed by atoms with Crippen molar-refractivity contribution >= 4 is 21.8 Å². The third kappa shape index (κ3) is 3.33. The van der Waals surface area contributed by atoms with Crippen LogP contribution in [0.5, 0.6) is 0 Å². The van der Waals surface area contributed by atoms with E-state index in [1.807, 2.05) is 25.1 Å². The Kier molecular flexibility index (Phi) is 4.78. The summed E-state index contributed by atoms with van der Waals surface area (Å²) in [5, 5.41) is 2.98. The monoisotopic (exact) mass is 311 g/mol. The van der Waals surface area contributed by atoms with Crippen molar-refractivity contribution in [1.29, 1.82) is 0 Å². The molecule has 1 fully saturated rings. The first-order valence-electron chi connectivity index (χ1n) is 6.29. The Balaban J connectivity index is 1.85. The maximum absolute atomic E-state index is 12.0. The van der Waals surface area contributed by atoms with Gasteiger partial charge in [0, 0.05) is 29.8 Å². The fourth-order valence-corrected chi connectivity index (χ4v) is 2.52. The molecule has 1 amide bonds. The number of carbonyl (C=O) groups is 1. The van der Waals surface area contributed by atoms with Gasteiger partial charge in [-0.25, -0.2) is 0 Å². The molecule has 1 atom stereocenters. The number of rotatable bonds is 4. The minimum absolute atomic E-state index is 0.00714. The second kappa shape index (κ2) is 6.34. The molecule has 4 heteroatoms. The second-order valence-electron chi connectivity index (χ2n) is 4.69. The molecule has 1 unspecified atom stereocenters. The zero-order valence-corrected chi connectivity index (χ0v) is 12.1. The first-order chi connectivity index (χ1) is 8.68. The molecule has 3 nitrogen and oxygen atoms in total. The molecular formula is C14H18BrNO2. The molecule has 1 saturated heterocycles. The molecular weight excluding hydrogens is 294 g/mol. The normalized spacial score (nSPS) is 18.9. The van der Waals surface area contributed by atoms with Gasteiger partial charge in [-0.05, 0) is 43.4 Å². The van der Waals surface area contributed by atoms with E-state index < -0.39 is 0 Å². The van der Waals surface area contributed by atoms with Gasteiger partial charge in [0.25, 0.3) is 5.91 Å². The van der Waals surface area contributed by atoms with E-state index in [9.17, 15) is 4.79 Å². The lowest BCUT2D eigenvalue weighted by Crippen LogP contribution is -2.26. The van der Waals surface area contributed by atoms with Crippen LogP contribution in [0, 0.1) is 12.8 Å². The first kappa shape index (κ1) is 13.6. The van der Waals surface area contributed by atoms with Crippen LogP contribution in [0.2, 0.25) is 0 Å². The SMILES string of the molecule is Cc1c(Br)cccc1C(=O)NCCC1CCOC1. The van der Waals surface area contributed by atoms with E-state index in [0.717, 1.165) is 48.2 Å². The molecule has 0 saturated carbocycles. The minimum Gasteiger partial charge on any atom is -0.381 e. The summed E-state index contributed by atoms with van der Waals surface area (Å²) in [4.78, 5) is 12.0.